The van der Waals surface area contributed by atoms with E-state index in [0.29, 0.717) is 0 Å². The Balaban J connectivity index is 2.79. The maximum absolute atomic E-state index is 11.4. The number of aliphatic carboxylic acids is 1. The van der Waals surface area contributed by atoms with Crippen LogP contribution in [0.25, 0.3) is 0 Å². The average Bonchev–Trinajstić information content (AvgIpc) is 2.41. The molecule has 8 heteroatoms. The van der Waals surface area contributed by atoms with Gasteiger partial charge in [-0.3, -0.25) is 4.79 Å². The lowest BCUT2D eigenvalue weighted by atomic mass is 9.99. The molecule has 1 saturated heterocycles. The lowest BCUT2D eigenvalue weighted by Crippen LogP contribution is -2.59. The van der Waals surface area contributed by atoms with Gasteiger partial charge in [0.05, 0.1) is 18.8 Å². The minimum atomic E-state index is -1.36. The number of ether oxygens (including phenoxy) is 2. The van der Waals surface area contributed by atoms with E-state index in [9.17, 15) is 14.7 Å². The van der Waals surface area contributed by atoms with Crippen molar-refractivity contribution in [3.63, 3.8) is 0 Å². The zero-order valence-corrected chi connectivity index (χ0v) is 11.5. The Hall–Kier alpha value is -1.22. The second-order valence-corrected chi connectivity index (χ2v) is 4.67. The highest BCUT2D eigenvalue weighted by molar-refractivity contribution is 5.76. The summed E-state index contributed by atoms with van der Waals surface area (Å²) in [4.78, 5) is 22.3. The summed E-state index contributed by atoms with van der Waals surface area (Å²) >= 11 is 0. The molecule has 0 aromatic rings. The predicted octanol–water partition coefficient (Wildman–Crippen LogP) is -1.16. The van der Waals surface area contributed by atoms with Gasteiger partial charge in [0, 0.05) is 12.8 Å². The summed E-state index contributed by atoms with van der Waals surface area (Å²) < 4.78 is 10.5. The summed E-state index contributed by atoms with van der Waals surface area (Å²) in [6, 6.07) is -0.868. The number of hydrogen-bond donors (Lipinski definition) is 4. The van der Waals surface area contributed by atoms with Gasteiger partial charge in [0.2, 0.25) is 5.91 Å². The van der Waals surface area contributed by atoms with E-state index in [-0.39, 0.29) is 25.4 Å². The quantitative estimate of drug-likeness (QED) is 0.486. The van der Waals surface area contributed by atoms with E-state index in [1.807, 2.05) is 0 Å². The van der Waals surface area contributed by atoms with Crippen LogP contribution in [0.5, 0.6) is 0 Å². The number of aliphatic hydroxyl groups is 2. The fourth-order valence-corrected chi connectivity index (χ4v) is 1.96. The van der Waals surface area contributed by atoms with Gasteiger partial charge in [-0.25, -0.2) is 4.79 Å². The summed E-state index contributed by atoms with van der Waals surface area (Å²) in [7, 11) is 0. The first-order valence-electron chi connectivity index (χ1n) is 6.51. The molecule has 0 radical (unpaired) electrons. The number of amides is 1. The minimum absolute atomic E-state index is 0.180. The number of carbonyl (C=O) groups is 2. The van der Waals surface area contributed by atoms with Crippen molar-refractivity contribution < 1.29 is 34.4 Å². The fourth-order valence-electron chi connectivity index (χ4n) is 1.96. The highest BCUT2D eigenvalue weighted by atomic mass is 16.6. The van der Waals surface area contributed by atoms with Crippen LogP contribution >= 0.6 is 0 Å². The predicted molar refractivity (Wildman–Crippen MR) is 66.8 cm³/mol. The molecule has 0 bridgehead atoms. The number of carboxylic acid groups (broad SMARTS) is 1. The smallest absolute Gasteiger partial charge is 0.332 e. The summed E-state index contributed by atoms with van der Waals surface area (Å²) in [6.45, 7) is 2.68. The highest BCUT2D eigenvalue weighted by Crippen LogP contribution is 2.23. The SMILES string of the molecule is CCC(=O)NC1C(O)OC(CO)CC1OC(C)C(=O)O. The zero-order chi connectivity index (χ0) is 15.3. The third-order valence-corrected chi connectivity index (χ3v) is 3.11. The van der Waals surface area contributed by atoms with E-state index in [0.717, 1.165) is 0 Å². The number of hydrogen-bond acceptors (Lipinski definition) is 6. The zero-order valence-electron chi connectivity index (χ0n) is 11.5. The van der Waals surface area contributed by atoms with Crippen LogP contribution in [0.4, 0.5) is 0 Å². The largest absolute Gasteiger partial charge is 0.479 e. The minimum Gasteiger partial charge on any atom is -0.479 e. The Morgan fingerprint density at radius 2 is 2.15 bits per heavy atom. The molecule has 5 unspecified atom stereocenters. The van der Waals surface area contributed by atoms with Crippen LogP contribution in [0.15, 0.2) is 0 Å². The molecule has 0 aliphatic carbocycles. The molecule has 4 N–H and O–H groups in total. The molecule has 0 aromatic heterocycles. The lowest BCUT2D eigenvalue weighted by molar-refractivity contribution is -0.229. The second kappa shape index (κ2) is 7.53. The van der Waals surface area contributed by atoms with Crippen molar-refractivity contribution >= 4 is 11.9 Å². The summed E-state index contributed by atoms with van der Waals surface area (Å²) in [5, 5.41) is 30.4. The van der Waals surface area contributed by atoms with Crippen molar-refractivity contribution in [3.8, 4) is 0 Å². The number of aliphatic hydroxyl groups excluding tert-OH is 2. The van der Waals surface area contributed by atoms with Gasteiger partial charge < -0.3 is 30.1 Å². The van der Waals surface area contributed by atoms with Crippen molar-refractivity contribution in [2.24, 2.45) is 0 Å². The Morgan fingerprint density at radius 3 is 2.65 bits per heavy atom. The molecule has 1 aliphatic rings. The molecule has 1 aliphatic heterocycles. The number of nitrogens with one attached hydrogen (secondary N) is 1. The van der Waals surface area contributed by atoms with Crippen LogP contribution in [-0.4, -0.2) is 64.4 Å². The lowest BCUT2D eigenvalue weighted by Gasteiger charge is -2.39. The van der Waals surface area contributed by atoms with E-state index in [1.54, 1.807) is 6.92 Å². The Labute approximate surface area is 116 Å². The van der Waals surface area contributed by atoms with Gasteiger partial charge in [-0.2, -0.15) is 0 Å². The summed E-state index contributed by atoms with van der Waals surface area (Å²) in [6.07, 6.45) is -3.47. The van der Waals surface area contributed by atoms with Crippen LogP contribution < -0.4 is 5.32 Å². The molecular weight excluding hydrogens is 270 g/mol. The topological polar surface area (TPSA) is 125 Å². The van der Waals surface area contributed by atoms with Gasteiger partial charge in [0.25, 0.3) is 0 Å². The van der Waals surface area contributed by atoms with Gasteiger partial charge in [0.15, 0.2) is 12.4 Å². The van der Waals surface area contributed by atoms with Gasteiger partial charge in [0.1, 0.15) is 6.04 Å². The van der Waals surface area contributed by atoms with E-state index >= 15 is 0 Å². The maximum Gasteiger partial charge on any atom is 0.332 e. The summed E-state index contributed by atoms with van der Waals surface area (Å²) in [5.74, 6) is -1.45. The standard InChI is InChI=1S/C12H21NO7/c1-3-9(15)13-10-8(19-6(2)11(16)17)4-7(5-14)20-12(10)18/h6-8,10,12,14,18H,3-5H2,1-2H3,(H,13,15)(H,16,17). The molecule has 8 nitrogen and oxygen atoms in total. The fraction of sp³-hybridized carbons (Fsp3) is 0.833. The van der Waals surface area contributed by atoms with E-state index in [4.69, 9.17) is 19.7 Å². The second-order valence-electron chi connectivity index (χ2n) is 4.67. The Bertz CT molecular complexity index is 349. The average molecular weight is 291 g/mol. The van der Waals surface area contributed by atoms with Gasteiger partial charge in [-0.1, -0.05) is 6.92 Å². The third-order valence-electron chi connectivity index (χ3n) is 3.11. The first-order valence-corrected chi connectivity index (χ1v) is 6.51. The van der Waals surface area contributed by atoms with Crippen LogP contribution in [0, 0.1) is 0 Å². The maximum atomic E-state index is 11.4. The Kier molecular flexibility index (Phi) is 6.34. The molecule has 1 heterocycles. The number of carbonyl (C=O) groups excluding carboxylic acids is 1. The molecule has 0 saturated carbocycles. The molecule has 1 fully saturated rings. The van der Waals surface area contributed by atoms with E-state index < -0.39 is 36.6 Å². The van der Waals surface area contributed by atoms with Crippen molar-refractivity contribution in [3.05, 3.63) is 0 Å². The third kappa shape index (κ3) is 4.41. The number of carboxylic acids is 1. The van der Waals surface area contributed by atoms with Crippen LogP contribution in [0.3, 0.4) is 0 Å². The monoisotopic (exact) mass is 291 g/mol. The van der Waals surface area contributed by atoms with Crippen LogP contribution in [0.2, 0.25) is 0 Å². The molecule has 5 atom stereocenters. The van der Waals surface area contributed by atoms with Crippen molar-refractivity contribution in [1.29, 1.82) is 0 Å². The first kappa shape index (κ1) is 16.8. The molecular formula is C12H21NO7. The molecule has 1 amide bonds. The molecule has 20 heavy (non-hydrogen) atoms. The van der Waals surface area contributed by atoms with Gasteiger partial charge in [-0.15, -0.1) is 0 Å². The van der Waals surface area contributed by atoms with E-state index in [1.165, 1.54) is 6.92 Å². The normalized spacial score (nSPS) is 31.6. The molecule has 0 spiro atoms. The highest BCUT2D eigenvalue weighted by Gasteiger charge is 2.40. The van der Waals surface area contributed by atoms with Crippen molar-refractivity contribution in [1.82, 2.24) is 5.32 Å². The molecule has 0 aromatic carbocycles. The Morgan fingerprint density at radius 1 is 1.50 bits per heavy atom. The van der Waals surface area contributed by atoms with Crippen LogP contribution in [-0.2, 0) is 19.1 Å². The summed E-state index contributed by atoms with van der Waals surface area (Å²) in [5.41, 5.74) is 0. The molecule has 116 valence electrons. The van der Waals surface area contributed by atoms with Crippen LogP contribution in [0.1, 0.15) is 26.7 Å². The van der Waals surface area contributed by atoms with E-state index in [2.05, 4.69) is 5.32 Å². The molecule has 1 rings (SSSR count). The number of rotatable bonds is 6. The van der Waals surface area contributed by atoms with Gasteiger partial charge in [-0.05, 0) is 6.92 Å². The van der Waals surface area contributed by atoms with Crippen molar-refractivity contribution in [2.45, 2.75) is 57.3 Å². The first-order chi connectivity index (χ1) is 9.38. The van der Waals surface area contributed by atoms with Gasteiger partial charge >= 0.3 is 5.97 Å². The van der Waals surface area contributed by atoms with Crippen molar-refractivity contribution in [2.75, 3.05) is 6.61 Å².